The van der Waals surface area contributed by atoms with Gasteiger partial charge in [-0.2, -0.15) is 0 Å². The largest absolute Gasteiger partial charge is 0.492 e. The number of methoxy groups -OCH3 is 1. The molecule has 2 saturated heterocycles. The minimum absolute atomic E-state index is 0.0201. The molecule has 7 atom stereocenters. The molecule has 1 aliphatic carbocycles. The number of allylic oxidation sites excluding steroid dienone is 2. The van der Waals surface area contributed by atoms with Crippen molar-refractivity contribution in [3.8, 4) is 0 Å². The molecule has 0 aromatic heterocycles. The molecule has 5 rings (SSSR count). The first-order chi connectivity index (χ1) is 16.4. The molecule has 0 radical (unpaired) electrons. The predicted molar refractivity (Wildman–Crippen MR) is 126 cm³/mol. The van der Waals surface area contributed by atoms with Gasteiger partial charge in [-0.25, -0.2) is 4.79 Å². The van der Waals surface area contributed by atoms with E-state index in [1.54, 1.807) is 0 Å². The van der Waals surface area contributed by atoms with E-state index in [0.717, 1.165) is 50.8 Å². The van der Waals surface area contributed by atoms with Crippen LogP contribution < -0.4 is 0 Å². The summed E-state index contributed by atoms with van der Waals surface area (Å²) < 4.78 is 17.3. The molecular weight excluding hydrogens is 434 g/mol. The van der Waals surface area contributed by atoms with E-state index in [1.165, 1.54) is 7.11 Å². The Morgan fingerprint density at radius 1 is 1.26 bits per heavy atom. The summed E-state index contributed by atoms with van der Waals surface area (Å²) in [5.74, 6) is 2.41. The fourth-order valence-corrected chi connectivity index (χ4v) is 6.81. The molecule has 34 heavy (non-hydrogen) atoms. The van der Waals surface area contributed by atoms with Gasteiger partial charge in [0.2, 0.25) is 5.76 Å². The maximum Gasteiger partial charge on any atom is 0.345 e. The third-order valence-corrected chi connectivity index (χ3v) is 8.44. The van der Waals surface area contributed by atoms with Gasteiger partial charge < -0.3 is 24.4 Å². The Kier molecular flexibility index (Phi) is 6.62. The van der Waals surface area contributed by atoms with Crippen molar-refractivity contribution in [3.63, 3.8) is 0 Å². The van der Waals surface area contributed by atoms with Gasteiger partial charge in [0.15, 0.2) is 11.5 Å². The fraction of sp³-hybridized carbons (Fsp3) is 0.667. The highest BCUT2D eigenvalue weighted by Gasteiger charge is 2.50. The Balaban J connectivity index is 1.44. The van der Waals surface area contributed by atoms with Crippen molar-refractivity contribution in [1.82, 2.24) is 4.90 Å². The number of hydrogen-bond donors (Lipinski definition) is 2. The smallest absolute Gasteiger partial charge is 0.345 e. The normalized spacial score (nSPS) is 39.1. The van der Waals surface area contributed by atoms with Crippen LogP contribution in [0.4, 0.5) is 0 Å². The van der Waals surface area contributed by atoms with Crippen molar-refractivity contribution in [3.05, 3.63) is 46.8 Å². The van der Waals surface area contributed by atoms with Gasteiger partial charge in [-0.1, -0.05) is 32.4 Å². The summed E-state index contributed by atoms with van der Waals surface area (Å²) in [7, 11) is 1.47. The number of nitrogens with zero attached hydrogens (tertiary/aromatic N) is 1. The zero-order chi connectivity index (χ0) is 24.0. The third-order valence-electron chi connectivity index (χ3n) is 8.44. The average Bonchev–Trinajstić information content (AvgIpc) is 3.25. The lowest BCUT2D eigenvalue weighted by atomic mass is 9.76. The first-order valence-electron chi connectivity index (χ1n) is 12.8. The van der Waals surface area contributed by atoms with Crippen LogP contribution in [0.3, 0.4) is 0 Å². The highest BCUT2D eigenvalue weighted by Crippen LogP contribution is 2.49. The van der Waals surface area contributed by atoms with Crippen LogP contribution in [-0.4, -0.2) is 59.5 Å². The van der Waals surface area contributed by atoms with Gasteiger partial charge >= 0.3 is 5.97 Å². The summed E-state index contributed by atoms with van der Waals surface area (Å²) in [4.78, 5) is 14.8. The number of carbonyl (C=O) groups excluding carboxylic acids is 1. The molecule has 7 unspecified atom stereocenters. The maximum absolute atomic E-state index is 12.3. The number of carbonyl (C=O) groups is 1. The highest BCUT2D eigenvalue weighted by molar-refractivity contribution is 5.94. The van der Waals surface area contributed by atoms with Gasteiger partial charge in [0.05, 0.1) is 19.8 Å². The van der Waals surface area contributed by atoms with E-state index >= 15 is 0 Å². The van der Waals surface area contributed by atoms with Crippen LogP contribution in [0.1, 0.15) is 52.4 Å². The van der Waals surface area contributed by atoms with E-state index < -0.39 is 12.6 Å². The van der Waals surface area contributed by atoms with E-state index in [2.05, 4.69) is 37.0 Å². The molecule has 0 saturated carbocycles. The van der Waals surface area contributed by atoms with E-state index in [-0.39, 0.29) is 47.3 Å². The lowest BCUT2D eigenvalue weighted by molar-refractivity contribution is -0.133. The van der Waals surface area contributed by atoms with Crippen molar-refractivity contribution < 1.29 is 29.2 Å². The average molecular weight is 472 g/mol. The summed E-state index contributed by atoms with van der Waals surface area (Å²) in [6, 6.07) is 0.389. The second kappa shape index (κ2) is 9.51. The fourth-order valence-electron chi connectivity index (χ4n) is 6.81. The van der Waals surface area contributed by atoms with Gasteiger partial charge in [-0.15, -0.1) is 0 Å². The van der Waals surface area contributed by atoms with Crippen molar-refractivity contribution >= 4 is 5.97 Å². The Hall–Kier alpha value is -2.09. The number of rotatable bonds is 4. The van der Waals surface area contributed by atoms with Crippen LogP contribution in [0.2, 0.25) is 0 Å². The minimum atomic E-state index is -0.587. The van der Waals surface area contributed by atoms with Crippen LogP contribution in [0, 0.1) is 23.7 Å². The van der Waals surface area contributed by atoms with Crippen LogP contribution in [0.25, 0.3) is 0 Å². The molecule has 4 aliphatic heterocycles. The van der Waals surface area contributed by atoms with Gasteiger partial charge in [0, 0.05) is 36.4 Å². The number of cyclic esters (lactones) is 1. The lowest BCUT2D eigenvalue weighted by Crippen LogP contribution is -2.56. The molecule has 0 bridgehead atoms. The molecule has 4 heterocycles. The van der Waals surface area contributed by atoms with Crippen molar-refractivity contribution in [2.75, 3.05) is 20.3 Å². The first-order valence-corrected chi connectivity index (χ1v) is 12.8. The van der Waals surface area contributed by atoms with E-state index in [9.17, 15) is 15.0 Å². The Morgan fingerprint density at radius 3 is 2.82 bits per heavy atom. The quantitative estimate of drug-likeness (QED) is 0.480. The molecule has 5 aliphatic rings. The molecule has 0 aromatic rings. The molecule has 186 valence electrons. The molecule has 2 N–H and O–H groups in total. The molecule has 0 amide bonds. The molecule has 2 fully saturated rings. The predicted octanol–water partition coefficient (Wildman–Crippen LogP) is 3.40. The number of aliphatic hydroxyl groups is 2. The first kappa shape index (κ1) is 23.6. The van der Waals surface area contributed by atoms with Crippen LogP contribution in [0.5, 0.6) is 0 Å². The number of esters is 1. The standard InChI is InChI=1S/C27H37NO6/c1-15-7-4-8-17(13-15)23(30)20-10-5-9-19-22-16(2)24(33-21(22)11-6-12-28(19)20)26-25(32-3)18(14-29)27(31)34-26/h4,8,11,15-17,19-20,22-23,29-30H,5-7,9-10,12-14H2,1-3H3. The van der Waals surface area contributed by atoms with Crippen molar-refractivity contribution in [2.45, 2.75) is 70.6 Å². The monoisotopic (exact) mass is 471 g/mol. The SMILES string of the molecule is COC1=C(CO)C(=O)OC1=C1OC2=CCCN3C(C(O)C4C=CCC(C)C4)CCCC3C2C1C. The lowest BCUT2D eigenvalue weighted by Gasteiger charge is -2.47. The molecular formula is C27H37NO6. The van der Waals surface area contributed by atoms with Crippen LogP contribution >= 0.6 is 0 Å². The maximum atomic E-state index is 12.3. The van der Waals surface area contributed by atoms with Gasteiger partial charge in [-0.3, -0.25) is 4.90 Å². The highest BCUT2D eigenvalue weighted by atomic mass is 16.6. The van der Waals surface area contributed by atoms with Crippen LogP contribution in [-0.2, 0) is 19.0 Å². The Labute approximate surface area is 201 Å². The number of ether oxygens (including phenoxy) is 3. The molecule has 7 nitrogen and oxygen atoms in total. The van der Waals surface area contributed by atoms with Gasteiger partial charge in [-0.05, 0) is 44.1 Å². The number of hydrogen-bond acceptors (Lipinski definition) is 7. The summed E-state index contributed by atoms with van der Waals surface area (Å²) >= 11 is 0. The summed E-state index contributed by atoms with van der Waals surface area (Å²) in [5.41, 5.74) is 0.124. The molecule has 7 heteroatoms. The third kappa shape index (κ3) is 3.91. The summed E-state index contributed by atoms with van der Waals surface area (Å²) in [6.45, 7) is 4.85. The van der Waals surface area contributed by atoms with Crippen molar-refractivity contribution in [2.24, 2.45) is 23.7 Å². The summed E-state index contributed by atoms with van der Waals surface area (Å²) in [5, 5.41) is 21.1. The van der Waals surface area contributed by atoms with Crippen LogP contribution in [0.15, 0.2) is 46.8 Å². The van der Waals surface area contributed by atoms with E-state index in [0.29, 0.717) is 17.4 Å². The second-order valence-electron chi connectivity index (χ2n) is 10.5. The second-order valence-corrected chi connectivity index (χ2v) is 10.5. The van der Waals surface area contributed by atoms with E-state index in [1.807, 2.05) is 0 Å². The van der Waals surface area contributed by atoms with E-state index in [4.69, 9.17) is 14.2 Å². The minimum Gasteiger partial charge on any atom is -0.492 e. The zero-order valence-corrected chi connectivity index (χ0v) is 20.4. The Bertz CT molecular complexity index is 949. The zero-order valence-electron chi connectivity index (χ0n) is 20.4. The number of aliphatic hydroxyl groups excluding tert-OH is 2. The van der Waals surface area contributed by atoms with Crippen molar-refractivity contribution in [1.29, 1.82) is 0 Å². The van der Waals surface area contributed by atoms with Gasteiger partial charge in [0.1, 0.15) is 11.3 Å². The topological polar surface area (TPSA) is 88.5 Å². The number of piperidine rings is 1. The van der Waals surface area contributed by atoms with Gasteiger partial charge in [0.25, 0.3) is 0 Å². The molecule has 0 spiro atoms. The number of fused-ring (bicyclic) bond motifs is 3. The summed E-state index contributed by atoms with van der Waals surface area (Å²) in [6.07, 6.45) is 12.4. The molecule has 0 aromatic carbocycles. The Morgan fingerprint density at radius 2 is 2.09 bits per heavy atom.